The van der Waals surface area contributed by atoms with E-state index < -0.39 is 0 Å². The number of rotatable bonds is 4. The van der Waals surface area contributed by atoms with Crippen LogP contribution in [0.4, 0.5) is 5.13 Å². The Kier molecular flexibility index (Phi) is 4.34. The summed E-state index contributed by atoms with van der Waals surface area (Å²) in [6.45, 7) is 0. The topological polar surface area (TPSA) is 37.3 Å². The maximum atomic E-state index is 5.97. The molecule has 0 radical (unpaired) electrons. The summed E-state index contributed by atoms with van der Waals surface area (Å²) in [5, 5.41) is 15.5. The van der Waals surface area contributed by atoms with Crippen LogP contribution >= 0.6 is 22.9 Å². The maximum Gasteiger partial charge on any atom is 0.203 e. The second-order valence-electron chi connectivity index (χ2n) is 7.43. The molecule has 0 saturated carbocycles. The molecule has 0 bridgehead atoms. The summed E-state index contributed by atoms with van der Waals surface area (Å²) in [4.78, 5) is 4.62. The second-order valence-corrected chi connectivity index (χ2v) is 8.72. The molecule has 1 heterocycles. The van der Waals surface area contributed by atoms with Crippen LogP contribution in [0.15, 0.2) is 89.3 Å². The molecule has 0 saturated heterocycles. The second kappa shape index (κ2) is 7.34. The number of hydrogen-bond donors (Lipinski definition) is 1. The zero-order valence-electron chi connectivity index (χ0n) is 16.3. The van der Waals surface area contributed by atoms with Crippen LogP contribution in [0.3, 0.4) is 0 Å². The van der Waals surface area contributed by atoms with Crippen molar-refractivity contribution in [3.8, 4) is 11.3 Å². The molecule has 0 fully saturated rings. The lowest BCUT2D eigenvalue weighted by Crippen LogP contribution is -1.92. The fraction of sp³-hybridized carbons (Fsp3) is 0. The van der Waals surface area contributed by atoms with Crippen LogP contribution < -0.4 is 5.43 Å². The highest BCUT2D eigenvalue weighted by Crippen LogP contribution is 2.35. The molecule has 6 rings (SSSR count). The van der Waals surface area contributed by atoms with E-state index in [9.17, 15) is 0 Å². The Balaban J connectivity index is 1.33. The molecule has 0 spiro atoms. The molecule has 6 aromatic rings. The number of aromatic nitrogens is 1. The van der Waals surface area contributed by atoms with Crippen molar-refractivity contribution >= 4 is 66.6 Å². The number of hydrogen-bond acceptors (Lipinski definition) is 4. The van der Waals surface area contributed by atoms with E-state index in [0.717, 1.165) is 27.0 Å². The Morgan fingerprint density at radius 3 is 2.32 bits per heavy atom. The van der Waals surface area contributed by atoms with Crippen LogP contribution in [0.1, 0.15) is 5.56 Å². The van der Waals surface area contributed by atoms with Crippen molar-refractivity contribution in [3.05, 3.63) is 94.8 Å². The van der Waals surface area contributed by atoms with Gasteiger partial charge in [-0.2, -0.15) is 5.10 Å². The molecule has 0 aliphatic carbocycles. The Labute approximate surface area is 188 Å². The number of benzene rings is 5. The standard InChI is InChI=1S/C26H16ClN3S/c27-21-11-8-16(9-12-21)23-15-31-26(29-23)30-28-14-20-7-6-19-5-4-17-2-1-3-18-10-13-22(20)25(19)24(17)18/h1-15H,(H,29,30)/b28-14+. The van der Waals surface area contributed by atoms with E-state index in [2.05, 4.69) is 70.1 Å². The van der Waals surface area contributed by atoms with Crippen LogP contribution in [-0.4, -0.2) is 11.2 Å². The average Bonchev–Trinajstić information content (AvgIpc) is 3.27. The number of thiazole rings is 1. The first-order valence-corrected chi connectivity index (χ1v) is 11.2. The predicted octanol–water partition coefficient (Wildman–Crippen LogP) is 7.81. The Bertz CT molecular complexity index is 1550. The van der Waals surface area contributed by atoms with Crippen molar-refractivity contribution in [2.24, 2.45) is 5.10 Å². The van der Waals surface area contributed by atoms with Crippen LogP contribution in [0.5, 0.6) is 0 Å². The van der Waals surface area contributed by atoms with Crippen molar-refractivity contribution in [2.75, 3.05) is 5.43 Å². The molecule has 5 aromatic carbocycles. The fourth-order valence-electron chi connectivity index (χ4n) is 4.11. The van der Waals surface area contributed by atoms with Gasteiger partial charge in [-0.05, 0) is 44.5 Å². The van der Waals surface area contributed by atoms with Gasteiger partial charge in [0.05, 0.1) is 11.9 Å². The maximum absolute atomic E-state index is 5.97. The van der Waals surface area contributed by atoms with E-state index in [1.165, 1.54) is 43.7 Å². The van der Waals surface area contributed by atoms with Crippen molar-refractivity contribution in [3.63, 3.8) is 0 Å². The van der Waals surface area contributed by atoms with Crippen molar-refractivity contribution < 1.29 is 0 Å². The molecule has 31 heavy (non-hydrogen) atoms. The van der Waals surface area contributed by atoms with Crippen molar-refractivity contribution in [2.45, 2.75) is 0 Å². The molecule has 0 atom stereocenters. The number of halogens is 1. The molecule has 1 N–H and O–H groups in total. The normalized spacial score (nSPS) is 11.9. The van der Waals surface area contributed by atoms with E-state index >= 15 is 0 Å². The van der Waals surface area contributed by atoms with Gasteiger partial charge in [0.1, 0.15) is 0 Å². The third kappa shape index (κ3) is 3.21. The quantitative estimate of drug-likeness (QED) is 0.173. The van der Waals surface area contributed by atoms with Gasteiger partial charge in [0.2, 0.25) is 5.13 Å². The monoisotopic (exact) mass is 437 g/mol. The summed E-state index contributed by atoms with van der Waals surface area (Å²) in [6, 6.07) is 27.2. The number of nitrogens with zero attached hydrogens (tertiary/aromatic N) is 2. The smallest absolute Gasteiger partial charge is 0.203 e. The predicted molar refractivity (Wildman–Crippen MR) is 134 cm³/mol. The van der Waals surface area contributed by atoms with Gasteiger partial charge in [-0.1, -0.05) is 78.3 Å². The third-order valence-electron chi connectivity index (χ3n) is 5.57. The number of nitrogens with one attached hydrogen (secondary N) is 1. The average molecular weight is 438 g/mol. The summed E-state index contributed by atoms with van der Waals surface area (Å²) < 4.78 is 0. The van der Waals surface area contributed by atoms with E-state index in [1.807, 2.05) is 35.9 Å². The van der Waals surface area contributed by atoms with Crippen LogP contribution in [-0.2, 0) is 0 Å². The molecule has 148 valence electrons. The molecule has 5 heteroatoms. The summed E-state index contributed by atoms with van der Waals surface area (Å²) in [6.07, 6.45) is 1.87. The van der Waals surface area contributed by atoms with Gasteiger partial charge in [-0.3, -0.25) is 5.43 Å². The molecule has 1 aromatic heterocycles. The van der Waals surface area contributed by atoms with Gasteiger partial charge in [-0.15, -0.1) is 11.3 Å². The highest BCUT2D eigenvalue weighted by molar-refractivity contribution is 7.14. The fourth-order valence-corrected chi connectivity index (χ4v) is 4.90. The minimum Gasteiger partial charge on any atom is -0.253 e. The minimum absolute atomic E-state index is 0.718. The summed E-state index contributed by atoms with van der Waals surface area (Å²) in [5.41, 5.74) is 6.09. The Morgan fingerprint density at radius 2 is 1.52 bits per heavy atom. The van der Waals surface area contributed by atoms with E-state index in [0.29, 0.717) is 0 Å². The lowest BCUT2D eigenvalue weighted by Gasteiger charge is -2.12. The zero-order chi connectivity index (χ0) is 20.8. The van der Waals surface area contributed by atoms with Crippen LogP contribution in [0, 0.1) is 0 Å². The van der Waals surface area contributed by atoms with Gasteiger partial charge in [0.15, 0.2) is 0 Å². The molecular weight excluding hydrogens is 422 g/mol. The first-order valence-electron chi connectivity index (χ1n) is 9.93. The minimum atomic E-state index is 0.718. The van der Waals surface area contributed by atoms with Crippen LogP contribution in [0.25, 0.3) is 43.6 Å². The molecule has 0 aliphatic rings. The molecule has 0 aliphatic heterocycles. The van der Waals surface area contributed by atoms with Gasteiger partial charge in [0, 0.05) is 21.5 Å². The summed E-state index contributed by atoms with van der Waals surface area (Å²) >= 11 is 7.50. The van der Waals surface area contributed by atoms with Gasteiger partial charge in [-0.25, -0.2) is 4.98 Å². The van der Waals surface area contributed by atoms with Gasteiger partial charge >= 0.3 is 0 Å². The molecular formula is C26H16ClN3S. The Morgan fingerprint density at radius 1 is 0.806 bits per heavy atom. The van der Waals surface area contributed by atoms with Crippen molar-refractivity contribution in [1.29, 1.82) is 0 Å². The van der Waals surface area contributed by atoms with E-state index in [-0.39, 0.29) is 0 Å². The zero-order valence-corrected chi connectivity index (χ0v) is 17.9. The summed E-state index contributed by atoms with van der Waals surface area (Å²) in [5.74, 6) is 0. The Hall–Kier alpha value is -3.47. The summed E-state index contributed by atoms with van der Waals surface area (Å²) in [7, 11) is 0. The lowest BCUT2D eigenvalue weighted by molar-refractivity contribution is 1.29. The highest BCUT2D eigenvalue weighted by atomic mass is 35.5. The largest absolute Gasteiger partial charge is 0.253 e. The van der Waals surface area contributed by atoms with Crippen LogP contribution in [0.2, 0.25) is 5.02 Å². The molecule has 3 nitrogen and oxygen atoms in total. The van der Waals surface area contributed by atoms with Gasteiger partial charge < -0.3 is 0 Å². The lowest BCUT2D eigenvalue weighted by atomic mass is 9.92. The molecule has 0 amide bonds. The number of anilines is 1. The SMILES string of the molecule is Clc1ccc(-c2csc(N/N=C/c3ccc4ccc5cccc6ccc3c4c56)n2)cc1. The molecule has 0 unspecified atom stereocenters. The van der Waals surface area contributed by atoms with E-state index in [1.54, 1.807) is 0 Å². The highest BCUT2D eigenvalue weighted by Gasteiger charge is 2.10. The first kappa shape index (κ1) is 18.3. The number of hydrazone groups is 1. The third-order valence-corrected chi connectivity index (χ3v) is 6.57. The van der Waals surface area contributed by atoms with Crippen molar-refractivity contribution in [1.82, 2.24) is 4.98 Å². The van der Waals surface area contributed by atoms with E-state index in [4.69, 9.17) is 11.6 Å². The van der Waals surface area contributed by atoms with Gasteiger partial charge in [0.25, 0.3) is 0 Å². The first-order chi connectivity index (χ1) is 15.3.